The van der Waals surface area contributed by atoms with E-state index in [1.54, 1.807) is 0 Å². The van der Waals surface area contributed by atoms with Gasteiger partial charge < -0.3 is 4.90 Å². The van der Waals surface area contributed by atoms with Gasteiger partial charge in [-0.25, -0.2) is 0 Å². The van der Waals surface area contributed by atoms with Gasteiger partial charge in [-0.15, -0.1) is 0 Å². The van der Waals surface area contributed by atoms with E-state index in [0.29, 0.717) is 0 Å². The second-order valence-corrected chi connectivity index (χ2v) is 2.99. The number of carbonyl (C=O) groups is 1. The van der Waals surface area contributed by atoms with Gasteiger partial charge in [-0.2, -0.15) is 5.10 Å². The summed E-state index contributed by atoms with van der Waals surface area (Å²) in [6, 6.07) is 0. The number of aromatic nitrogens is 2. The van der Waals surface area contributed by atoms with Gasteiger partial charge in [0.1, 0.15) is 5.69 Å². The molecule has 0 aromatic carbocycles. The van der Waals surface area contributed by atoms with Crippen LogP contribution in [-0.4, -0.2) is 40.0 Å². The van der Waals surface area contributed by atoms with Gasteiger partial charge in [-0.3, -0.25) is 20.0 Å². The lowest BCUT2D eigenvalue weighted by Gasteiger charge is -2.06. The van der Waals surface area contributed by atoms with Gasteiger partial charge in [0.2, 0.25) is 5.69 Å². The van der Waals surface area contributed by atoms with Crippen LogP contribution in [0.1, 0.15) is 16.2 Å². The number of carbonyl (C=O) groups excluding carboxylic acids is 1. The largest absolute Gasteiger partial charge is 0.343 e. The van der Waals surface area contributed by atoms with Crippen LogP contribution in [0.5, 0.6) is 0 Å². The number of nitro groups is 1. The molecule has 0 atom stereocenters. The molecule has 1 rings (SSSR count). The van der Waals surface area contributed by atoms with Crippen molar-refractivity contribution in [1.82, 2.24) is 15.1 Å². The molecule has 0 radical (unpaired) electrons. The van der Waals surface area contributed by atoms with Crippen molar-refractivity contribution in [1.29, 1.82) is 0 Å². The number of aromatic amines is 1. The van der Waals surface area contributed by atoms with Gasteiger partial charge in [0.25, 0.3) is 5.91 Å². The molecule has 0 aliphatic carbocycles. The predicted octanol–water partition coefficient (Wildman–Crippen LogP) is 0.328. The Balaban J connectivity index is 3.22. The van der Waals surface area contributed by atoms with Crippen LogP contribution in [0.25, 0.3) is 0 Å². The molecule has 0 aliphatic heterocycles. The van der Waals surface area contributed by atoms with Crippen LogP contribution in [0, 0.1) is 17.0 Å². The fraction of sp³-hybridized carbons (Fsp3) is 0.429. The Morgan fingerprint density at radius 2 is 2.14 bits per heavy atom. The van der Waals surface area contributed by atoms with Gasteiger partial charge in [0.05, 0.1) is 4.92 Å². The molecule has 1 aromatic rings. The summed E-state index contributed by atoms with van der Waals surface area (Å²) in [5, 5.41) is 16.6. The molecular weight excluding hydrogens is 188 g/mol. The first-order chi connectivity index (χ1) is 6.45. The van der Waals surface area contributed by atoms with Crippen LogP contribution in [0.3, 0.4) is 0 Å². The summed E-state index contributed by atoms with van der Waals surface area (Å²) in [5.74, 6) is -0.461. The summed E-state index contributed by atoms with van der Waals surface area (Å²) in [6.45, 7) is 1.47. The Hall–Kier alpha value is -1.92. The lowest BCUT2D eigenvalue weighted by Crippen LogP contribution is -2.22. The molecule has 0 spiro atoms. The Kier molecular flexibility index (Phi) is 2.50. The molecule has 7 heteroatoms. The standard InChI is InChI=1S/C7H10N4O3/c1-4-6(11(13)14)5(9-8-4)7(12)10(2)3/h1-3H3,(H,8,9). The Bertz CT molecular complexity index is 382. The van der Waals surface area contributed by atoms with E-state index in [9.17, 15) is 14.9 Å². The van der Waals surface area contributed by atoms with Crippen LogP contribution in [0.4, 0.5) is 5.69 Å². The summed E-state index contributed by atoms with van der Waals surface area (Å²) < 4.78 is 0. The highest BCUT2D eigenvalue weighted by Gasteiger charge is 2.27. The van der Waals surface area contributed by atoms with E-state index in [0.717, 1.165) is 0 Å². The zero-order valence-electron chi connectivity index (χ0n) is 8.07. The van der Waals surface area contributed by atoms with E-state index in [1.165, 1.54) is 25.9 Å². The number of nitrogens with one attached hydrogen (secondary N) is 1. The van der Waals surface area contributed by atoms with Crippen molar-refractivity contribution in [2.75, 3.05) is 14.1 Å². The fourth-order valence-corrected chi connectivity index (χ4v) is 1.02. The first kappa shape index (κ1) is 10.2. The van der Waals surface area contributed by atoms with Crippen LogP contribution >= 0.6 is 0 Å². The van der Waals surface area contributed by atoms with Crippen molar-refractivity contribution < 1.29 is 9.72 Å². The monoisotopic (exact) mass is 198 g/mol. The van der Waals surface area contributed by atoms with Crippen molar-refractivity contribution in [2.24, 2.45) is 0 Å². The Morgan fingerprint density at radius 3 is 2.57 bits per heavy atom. The number of amides is 1. The van der Waals surface area contributed by atoms with Crippen LogP contribution in [0.2, 0.25) is 0 Å². The minimum atomic E-state index is -0.616. The smallest absolute Gasteiger partial charge is 0.322 e. The highest BCUT2D eigenvalue weighted by molar-refractivity contribution is 5.96. The van der Waals surface area contributed by atoms with Crippen molar-refractivity contribution in [3.63, 3.8) is 0 Å². The maximum atomic E-state index is 11.4. The second kappa shape index (κ2) is 3.44. The van der Waals surface area contributed by atoms with E-state index >= 15 is 0 Å². The van der Waals surface area contributed by atoms with E-state index in [1.807, 2.05) is 0 Å². The minimum Gasteiger partial charge on any atom is -0.343 e. The molecule has 1 aromatic heterocycles. The number of nitrogens with zero attached hydrogens (tertiary/aromatic N) is 3. The zero-order valence-corrected chi connectivity index (χ0v) is 8.07. The van der Waals surface area contributed by atoms with Gasteiger partial charge in [0.15, 0.2) is 0 Å². The fourth-order valence-electron chi connectivity index (χ4n) is 1.02. The summed E-state index contributed by atoms with van der Waals surface area (Å²) in [5.41, 5.74) is -0.138. The van der Waals surface area contributed by atoms with E-state index in [2.05, 4.69) is 10.2 Å². The third-order valence-electron chi connectivity index (χ3n) is 1.72. The molecule has 7 nitrogen and oxygen atoms in total. The van der Waals surface area contributed by atoms with Gasteiger partial charge in [0, 0.05) is 14.1 Å². The molecule has 0 saturated heterocycles. The van der Waals surface area contributed by atoms with E-state index in [-0.39, 0.29) is 17.1 Å². The van der Waals surface area contributed by atoms with Gasteiger partial charge >= 0.3 is 5.69 Å². The van der Waals surface area contributed by atoms with Crippen molar-refractivity contribution in [3.8, 4) is 0 Å². The predicted molar refractivity (Wildman–Crippen MR) is 48.0 cm³/mol. The molecule has 76 valence electrons. The molecule has 0 aliphatic rings. The average Bonchev–Trinajstić information content (AvgIpc) is 2.45. The third kappa shape index (κ3) is 1.56. The van der Waals surface area contributed by atoms with Gasteiger partial charge in [-0.1, -0.05) is 0 Å². The highest BCUT2D eigenvalue weighted by atomic mass is 16.6. The lowest BCUT2D eigenvalue weighted by molar-refractivity contribution is -0.385. The number of aryl methyl sites for hydroxylation is 1. The van der Waals surface area contributed by atoms with Crippen LogP contribution < -0.4 is 0 Å². The summed E-state index contributed by atoms with van der Waals surface area (Å²) in [7, 11) is 3.03. The van der Waals surface area contributed by atoms with Crippen molar-refractivity contribution in [3.05, 3.63) is 21.5 Å². The summed E-state index contributed by atoms with van der Waals surface area (Å²) in [6.07, 6.45) is 0. The first-order valence-corrected chi connectivity index (χ1v) is 3.86. The van der Waals surface area contributed by atoms with E-state index in [4.69, 9.17) is 0 Å². The normalized spacial score (nSPS) is 9.93. The molecule has 0 fully saturated rings. The zero-order chi connectivity index (χ0) is 10.9. The molecule has 1 amide bonds. The number of rotatable bonds is 2. The number of hydrogen-bond acceptors (Lipinski definition) is 4. The van der Waals surface area contributed by atoms with Gasteiger partial charge in [-0.05, 0) is 6.92 Å². The highest BCUT2D eigenvalue weighted by Crippen LogP contribution is 2.20. The first-order valence-electron chi connectivity index (χ1n) is 3.86. The number of H-pyrrole nitrogens is 1. The lowest BCUT2D eigenvalue weighted by atomic mass is 10.3. The maximum Gasteiger partial charge on any atom is 0.322 e. The van der Waals surface area contributed by atoms with Crippen LogP contribution in [0.15, 0.2) is 0 Å². The summed E-state index contributed by atoms with van der Waals surface area (Å²) in [4.78, 5) is 22.7. The minimum absolute atomic E-state index is 0.0856. The topological polar surface area (TPSA) is 92.1 Å². The molecule has 0 unspecified atom stereocenters. The van der Waals surface area contributed by atoms with E-state index < -0.39 is 10.8 Å². The quantitative estimate of drug-likeness (QED) is 0.547. The van der Waals surface area contributed by atoms with Crippen LogP contribution in [-0.2, 0) is 0 Å². The SMILES string of the molecule is Cc1n[nH]c(C(=O)N(C)C)c1[N+](=O)[O-]. The molecule has 0 bridgehead atoms. The molecule has 1 N–H and O–H groups in total. The van der Waals surface area contributed by atoms with Crippen molar-refractivity contribution in [2.45, 2.75) is 6.92 Å². The third-order valence-corrected chi connectivity index (χ3v) is 1.72. The average molecular weight is 198 g/mol. The summed E-state index contributed by atoms with van der Waals surface area (Å²) >= 11 is 0. The Labute approximate surface area is 79.9 Å². The number of hydrogen-bond donors (Lipinski definition) is 1. The molecule has 1 heterocycles. The molecule has 14 heavy (non-hydrogen) atoms. The Morgan fingerprint density at radius 1 is 1.57 bits per heavy atom. The molecular formula is C7H10N4O3. The molecule has 0 saturated carbocycles. The van der Waals surface area contributed by atoms with Crippen molar-refractivity contribution >= 4 is 11.6 Å². The second-order valence-electron chi connectivity index (χ2n) is 2.99. The maximum absolute atomic E-state index is 11.4.